The fourth-order valence-electron chi connectivity index (χ4n) is 0.963. The number of aliphatic hydroxyl groups excluding tert-OH is 1. The third kappa shape index (κ3) is 3.02. The summed E-state index contributed by atoms with van der Waals surface area (Å²) in [6.07, 6.45) is -4.70. The predicted octanol–water partition coefficient (Wildman–Crippen LogP) is 2.19. The van der Waals surface area contributed by atoms with Gasteiger partial charge in [-0.1, -0.05) is 0 Å². The quantitative estimate of drug-likeness (QED) is 0.827. The number of rotatable bonds is 3. The maximum absolute atomic E-state index is 12.2. The first-order valence-electron chi connectivity index (χ1n) is 3.97. The van der Waals surface area contributed by atoms with Gasteiger partial charge < -0.3 is 9.84 Å². The fraction of sp³-hybridized carbons (Fsp3) is 0.375. The van der Waals surface area contributed by atoms with Gasteiger partial charge in [0, 0.05) is 0 Å². The van der Waals surface area contributed by atoms with Crippen molar-refractivity contribution < 1.29 is 31.8 Å². The summed E-state index contributed by atoms with van der Waals surface area (Å²) in [7, 11) is 0. The largest absolute Gasteiger partial charge is 0.433 e. The zero-order valence-electron chi connectivity index (χ0n) is 7.63. The minimum absolute atomic E-state index is 0.497. The lowest BCUT2D eigenvalue weighted by molar-refractivity contribution is -0.141. The normalized spacial score (nSPS) is 11.9. The second kappa shape index (κ2) is 4.60. The summed E-state index contributed by atoms with van der Waals surface area (Å²) in [5.41, 5.74) is -1.87. The van der Waals surface area contributed by atoms with E-state index in [1.807, 2.05) is 0 Å². The third-order valence-corrected chi connectivity index (χ3v) is 1.59. The van der Waals surface area contributed by atoms with E-state index in [-0.39, 0.29) is 0 Å². The van der Waals surface area contributed by atoms with Crippen LogP contribution in [0.15, 0.2) is 12.1 Å². The van der Waals surface area contributed by atoms with Crippen LogP contribution >= 0.6 is 0 Å². The molecule has 0 saturated carbocycles. The molecule has 1 aromatic rings. The highest BCUT2D eigenvalue weighted by molar-refractivity contribution is 5.29. The van der Waals surface area contributed by atoms with Crippen LogP contribution in [-0.2, 0) is 12.8 Å². The zero-order chi connectivity index (χ0) is 12.3. The van der Waals surface area contributed by atoms with Crippen LogP contribution in [-0.4, -0.2) is 16.7 Å². The fourth-order valence-corrected chi connectivity index (χ4v) is 0.963. The minimum Gasteiger partial charge on any atom is -0.433 e. The highest BCUT2D eigenvalue weighted by atomic mass is 19.4. The Morgan fingerprint density at radius 3 is 2.38 bits per heavy atom. The highest BCUT2D eigenvalue weighted by Crippen LogP contribution is 2.30. The van der Waals surface area contributed by atoms with Gasteiger partial charge in [0.15, 0.2) is 0 Å². The van der Waals surface area contributed by atoms with Gasteiger partial charge in [-0.3, -0.25) is 0 Å². The molecule has 90 valence electrons. The molecule has 1 N–H and O–H groups in total. The molecule has 0 aliphatic heterocycles. The van der Waals surface area contributed by atoms with Gasteiger partial charge >= 0.3 is 12.8 Å². The van der Waals surface area contributed by atoms with Gasteiger partial charge in [-0.15, -0.1) is 0 Å². The molecule has 1 aromatic heterocycles. The number of aliphatic hydroxyl groups is 1. The first kappa shape index (κ1) is 12.6. The van der Waals surface area contributed by atoms with Crippen molar-refractivity contribution in [2.24, 2.45) is 0 Å². The second-order valence-corrected chi connectivity index (χ2v) is 2.68. The molecule has 0 spiro atoms. The molecule has 0 saturated heterocycles. The lowest BCUT2D eigenvalue weighted by atomic mass is 10.3. The number of aromatic nitrogens is 1. The van der Waals surface area contributed by atoms with E-state index in [1.165, 1.54) is 0 Å². The first-order valence-corrected chi connectivity index (χ1v) is 3.97. The second-order valence-electron chi connectivity index (χ2n) is 2.68. The van der Waals surface area contributed by atoms with E-state index >= 15 is 0 Å². The molecule has 8 heteroatoms. The average Bonchev–Trinajstić information content (AvgIpc) is 2.15. The minimum atomic E-state index is -4.70. The number of hydrogen-bond donors (Lipinski definition) is 1. The summed E-state index contributed by atoms with van der Waals surface area (Å²) in [5, 5.41) is 8.67. The van der Waals surface area contributed by atoms with E-state index in [0.29, 0.717) is 12.1 Å². The topological polar surface area (TPSA) is 42.4 Å². The Morgan fingerprint density at radius 1 is 1.31 bits per heavy atom. The summed E-state index contributed by atoms with van der Waals surface area (Å²) in [4.78, 5) is 2.98. The molecule has 0 aliphatic rings. The van der Waals surface area contributed by atoms with Crippen LogP contribution < -0.4 is 4.74 Å². The van der Waals surface area contributed by atoms with Gasteiger partial charge in [-0.25, -0.2) is 4.98 Å². The molecular weight excluding hydrogens is 237 g/mol. The number of nitrogens with zero attached hydrogens (tertiary/aromatic N) is 1. The summed E-state index contributed by atoms with van der Waals surface area (Å²) in [6.45, 7) is -4.12. The van der Waals surface area contributed by atoms with Crippen LogP contribution in [0, 0.1) is 0 Å². The van der Waals surface area contributed by atoms with Crippen molar-refractivity contribution in [1.82, 2.24) is 4.98 Å². The zero-order valence-corrected chi connectivity index (χ0v) is 7.63. The number of hydrogen-bond acceptors (Lipinski definition) is 3. The van der Waals surface area contributed by atoms with Gasteiger partial charge in [-0.2, -0.15) is 22.0 Å². The number of pyridine rings is 1. The van der Waals surface area contributed by atoms with E-state index in [4.69, 9.17) is 5.11 Å². The molecule has 0 aliphatic carbocycles. The van der Waals surface area contributed by atoms with Crippen LogP contribution in [0.2, 0.25) is 0 Å². The Kier molecular flexibility index (Phi) is 3.63. The van der Waals surface area contributed by atoms with E-state index in [9.17, 15) is 22.0 Å². The van der Waals surface area contributed by atoms with E-state index in [0.717, 1.165) is 0 Å². The highest BCUT2D eigenvalue weighted by Gasteiger charge is 2.33. The molecule has 1 heterocycles. The Labute approximate surface area is 86.5 Å². The molecule has 0 unspecified atom stereocenters. The van der Waals surface area contributed by atoms with Gasteiger partial charge in [0.1, 0.15) is 17.1 Å². The molecule has 16 heavy (non-hydrogen) atoms. The van der Waals surface area contributed by atoms with Crippen molar-refractivity contribution in [1.29, 1.82) is 0 Å². The molecule has 0 aromatic carbocycles. The molecule has 3 nitrogen and oxygen atoms in total. The van der Waals surface area contributed by atoms with Crippen molar-refractivity contribution in [2.75, 3.05) is 0 Å². The smallest absolute Gasteiger partial charge is 0.433 e. The number of alkyl halides is 5. The summed E-state index contributed by atoms with van der Waals surface area (Å²) < 4.78 is 64.0. The average molecular weight is 243 g/mol. The summed E-state index contributed by atoms with van der Waals surface area (Å²) >= 11 is 0. The first-order chi connectivity index (χ1) is 7.34. The standard InChI is InChI=1S/C8H6F5NO2/c9-7(10)16-5-1-2-6(8(11,12)13)14-4(5)3-15/h1-2,7,15H,3H2. The van der Waals surface area contributed by atoms with Crippen LogP contribution in [0.25, 0.3) is 0 Å². The Bertz CT molecular complexity index is 366. The van der Waals surface area contributed by atoms with Crippen molar-refractivity contribution in [3.8, 4) is 5.75 Å². The van der Waals surface area contributed by atoms with Gasteiger partial charge in [-0.05, 0) is 12.1 Å². The summed E-state index contributed by atoms with van der Waals surface area (Å²) in [6, 6.07) is 1.18. The molecule has 1 rings (SSSR count). The van der Waals surface area contributed by atoms with Gasteiger partial charge in [0.05, 0.1) is 6.61 Å². The van der Waals surface area contributed by atoms with Gasteiger partial charge in [0.25, 0.3) is 0 Å². The molecule has 0 fully saturated rings. The number of halogens is 5. The van der Waals surface area contributed by atoms with Crippen LogP contribution in [0.4, 0.5) is 22.0 Å². The predicted molar refractivity (Wildman–Crippen MR) is 41.8 cm³/mol. The third-order valence-electron chi connectivity index (χ3n) is 1.59. The Balaban J connectivity index is 3.07. The Hall–Kier alpha value is -1.44. The maximum atomic E-state index is 12.2. The van der Waals surface area contributed by atoms with E-state index < -0.39 is 36.5 Å². The Morgan fingerprint density at radius 2 is 1.94 bits per heavy atom. The molecular formula is C8H6F5NO2. The van der Waals surface area contributed by atoms with Crippen molar-refractivity contribution in [2.45, 2.75) is 19.4 Å². The monoisotopic (exact) mass is 243 g/mol. The lowest BCUT2D eigenvalue weighted by Crippen LogP contribution is -2.12. The van der Waals surface area contributed by atoms with Crippen LogP contribution in [0.3, 0.4) is 0 Å². The molecule has 0 atom stereocenters. The molecule has 0 radical (unpaired) electrons. The van der Waals surface area contributed by atoms with Crippen molar-refractivity contribution in [3.63, 3.8) is 0 Å². The molecule has 0 amide bonds. The lowest BCUT2D eigenvalue weighted by Gasteiger charge is -2.11. The SMILES string of the molecule is OCc1nc(C(F)(F)F)ccc1OC(F)F. The number of ether oxygens (including phenoxy) is 1. The van der Waals surface area contributed by atoms with Crippen molar-refractivity contribution >= 4 is 0 Å². The van der Waals surface area contributed by atoms with Crippen LogP contribution in [0.1, 0.15) is 11.4 Å². The molecule has 0 bridgehead atoms. The van der Waals surface area contributed by atoms with E-state index in [1.54, 1.807) is 0 Å². The van der Waals surface area contributed by atoms with E-state index in [2.05, 4.69) is 9.72 Å². The summed E-state index contributed by atoms with van der Waals surface area (Å²) in [5.74, 6) is -0.578. The van der Waals surface area contributed by atoms with Crippen LogP contribution in [0.5, 0.6) is 5.75 Å². The van der Waals surface area contributed by atoms with Crippen molar-refractivity contribution in [3.05, 3.63) is 23.5 Å². The van der Waals surface area contributed by atoms with Gasteiger partial charge in [0.2, 0.25) is 0 Å². The maximum Gasteiger partial charge on any atom is 0.433 e.